The molecule has 18 heavy (non-hydrogen) atoms. The molecular formula is C16H18O2. The van der Waals surface area contributed by atoms with Crippen molar-refractivity contribution < 1.29 is 9.53 Å². The Morgan fingerprint density at radius 2 is 1.89 bits per heavy atom. The van der Waals surface area contributed by atoms with Gasteiger partial charge < -0.3 is 4.74 Å². The summed E-state index contributed by atoms with van der Waals surface area (Å²) in [5.41, 5.74) is 2.79. The molecule has 0 radical (unpaired) electrons. The Morgan fingerprint density at radius 1 is 1.17 bits per heavy atom. The summed E-state index contributed by atoms with van der Waals surface area (Å²) in [4.78, 5) is 11.5. The zero-order chi connectivity index (χ0) is 12.6. The molecule has 1 spiro atoms. The van der Waals surface area contributed by atoms with Crippen LogP contribution in [0, 0.1) is 0 Å². The smallest absolute Gasteiger partial charge is 0.132 e. The minimum atomic E-state index is 0.130. The Labute approximate surface area is 108 Å². The van der Waals surface area contributed by atoms with Gasteiger partial charge >= 0.3 is 0 Å². The van der Waals surface area contributed by atoms with Crippen molar-refractivity contribution in [1.82, 2.24) is 0 Å². The average molecular weight is 242 g/mol. The predicted molar refractivity (Wildman–Crippen MR) is 71.2 cm³/mol. The van der Waals surface area contributed by atoms with E-state index >= 15 is 0 Å². The predicted octanol–water partition coefficient (Wildman–Crippen LogP) is 3.46. The molecule has 0 aliphatic heterocycles. The summed E-state index contributed by atoms with van der Waals surface area (Å²) >= 11 is 0. The number of fused-ring (bicyclic) bond motifs is 2. The van der Waals surface area contributed by atoms with E-state index in [-0.39, 0.29) is 5.41 Å². The minimum Gasteiger partial charge on any atom is -0.501 e. The maximum atomic E-state index is 11.5. The molecule has 1 fully saturated rings. The molecule has 0 aromatic heterocycles. The van der Waals surface area contributed by atoms with E-state index in [0.29, 0.717) is 18.6 Å². The topological polar surface area (TPSA) is 26.3 Å². The van der Waals surface area contributed by atoms with Crippen molar-refractivity contribution in [3.05, 3.63) is 41.2 Å². The summed E-state index contributed by atoms with van der Waals surface area (Å²) in [5, 5.41) is 0. The van der Waals surface area contributed by atoms with Crippen LogP contribution in [0.1, 0.15) is 43.2 Å². The normalized spacial score (nSPS) is 21.4. The van der Waals surface area contributed by atoms with Gasteiger partial charge in [0, 0.05) is 24.7 Å². The minimum absolute atomic E-state index is 0.130. The van der Waals surface area contributed by atoms with Gasteiger partial charge in [0.05, 0.1) is 12.9 Å². The number of rotatable bonds is 1. The summed E-state index contributed by atoms with van der Waals surface area (Å²) in [6.07, 6.45) is 6.43. The SMILES string of the molecule is COC1=Cc2ccccc2C2(CCC(=O)CC2)C1. The van der Waals surface area contributed by atoms with Gasteiger partial charge in [-0.2, -0.15) is 0 Å². The van der Waals surface area contributed by atoms with E-state index in [9.17, 15) is 4.79 Å². The fraction of sp³-hybridized carbons (Fsp3) is 0.438. The van der Waals surface area contributed by atoms with Crippen molar-refractivity contribution in [3.63, 3.8) is 0 Å². The van der Waals surface area contributed by atoms with E-state index in [4.69, 9.17) is 4.74 Å². The average Bonchev–Trinajstić information content (AvgIpc) is 2.42. The first-order valence-electron chi connectivity index (χ1n) is 6.59. The van der Waals surface area contributed by atoms with Crippen molar-refractivity contribution in [2.75, 3.05) is 7.11 Å². The third-order valence-corrected chi connectivity index (χ3v) is 4.39. The Balaban J connectivity index is 2.06. The number of ether oxygens (including phenoxy) is 1. The molecule has 0 atom stereocenters. The van der Waals surface area contributed by atoms with E-state index in [0.717, 1.165) is 25.0 Å². The first-order valence-corrected chi connectivity index (χ1v) is 6.59. The largest absolute Gasteiger partial charge is 0.501 e. The summed E-state index contributed by atoms with van der Waals surface area (Å²) in [6, 6.07) is 8.53. The van der Waals surface area contributed by atoms with Gasteiger partial charge in [0.25, 0.3) is 0 Å². The molecule has 0 saturated heterocycles. The summed E-state index contributed by atoms with van der Waals surface area (Å²) < 4.78 is 5.48. The lowest BCUT2D eigenvalue weighted by atomic mass is 9.64. The fourth-order valence-electron chi connectivity index (χ4n) is 3.34. The van der Waals surface area contributed by atoms with Gasteiger partial charge in [-0.25, -0.2) is 0 Å². The summed E-state index contributed by atoms with van der Waals surface area (Å²) in [7, 11) is 1.74. The Morgan fingerprint density at radius 3 is 2.61 bits per heavy atom. The molecule has 2 aliphatic carbocycles. The van der Waals surface area contributed by atoms with Gasteiger partial charge in [-0.1, -0.05) is 24.3 Å². The quantitative estimate of drug-likeness (QED) is 0.754. The van der Waals surface area contributed by atoms with Crippen LogP contribution in [-0.2, 0) is 14.9 Å². The van der Waals surface area contributed by atoms with Crippen LogP contribution in [0.5, 0.6) is 0 Å². The number of benzene rings is 1. The zero-order valence-corrected chi connectivity index (χ0v) is 10.7. The van der Waals surface area contributed by atoms with E-state index in [1.54, 1.807) is 7.11 Å². The van der Waals surface area contributed by atoms with Gasteiger partial charge in [-0.15, -0.1) is 0 Å². The van der Waals surface area contributed by atoms with Gasteiger partial charge in [-0.3, -0.25) is 4.79 Å². The molecule has 0 heterocycles. The van der Waals surface area contributed by atoms with E-state index in [1.807, 2.05) is 0 Å². The van der Waals surface area contributed by atoms with Crippen molar-refractivity contribution in [3.8, 4) is 0 Å². The highest BCUT2D eigenvalue weighted by molar-refractivity contribution is 5.80. The fourth-order valence-corrected chi connectivity index (χ4v) is 3.34. The van der Waals surface area contributed by atoms with Crippen molar-refractivity contribution >= 4 is 11.9 Å². The van der Waals surface area contributed by atoms with Gasteiger partial charge in [0.15, 0.2) is 0 Å². The first kappa shape index (κ1) is 11.5. The second-order valence-electron chi connectivity index (χ2n) is 5.40. The molecule has 0 amide bonds. The highest BCUT2D eigenvalue weighted by atomic mass is 16.5. The highest BCUT2D eigenvalue weighted by Crippen LogP contribution is 2.47. The molecule has 2 heteroatoms. The summed E-state index contributed by atoms with van der Waals surface area (Å²) in [6.45, 7) is 0. The van der Waals surface area contributed by atoms with Crippen LogP contribution in [0.25, 0.3) is 6.08 Å². The molecule has 1 saturated carbocycles. The van der Waals surface area contributed by atoms with Gasteiger partial charge in [-0.05, 0) is 30.0 Å². The molecule has 2 aliphatic rings. The van der Waals surface area contributed by atoms with E-state index in [2.05, 4.69) is 30.3 Å². The zero-order valence-electron chi connectivity index (χ0n) is 10.7. The molecule has 0 unspecified atom stereocenters. The van der Waals surface area contributed by atoms with Crippen molar-refractivity contribution in [2.24, 2.45) is 0 Å². The molecular weight excluding hydrogens is 224 g/mol. The van der Waals surface area contributed by atoms with Crippen LogP contribution in [0.4, 0.5) is 0 Å². The van der Waals surface area contributed by atoms with Crippen LogP contribution in [0.3, 0.4) is 0 Å². The lowest BCUT2D eigenvalue weighted by Gasteiger charge is -2.41. The Kier molecular flexibility index (Phi) is 2.73. The molecule has 1 aromatic rings. The van der Waals surface area contributed by atoms with E-state index < -0.39 is 0 Å². The van der Waals surface area contributed by atoms with Crippen LogP contribution in [-0.4, -0.2) is 12.9 Å². The third kappa shape index (κ3) is 1.76. The molecule has 1 aromatic carbocycles. The number of hydrogen-bond acceptors (Lipinski definition) is 2. The van der Waals surface area contributed by atoms with Gasteiger partial charge in [0.1, 0.15) is 5.78 Å². The number of carbonyl (C=O) groups is 1. The van der Waals surface area contributed by atoms with Crippen molar-refractivity contribution in [1.29, 1.82) is 0 Å². The molecule has 3 rings (SSSR count). The van der Waals surface area contributed by atoms with Crippen LogP contribution in [0.2, 0.25) is 0 Å². The third-order valence-electron chi connectivity index (χ3n) is 4.39. The first-order chi connectivity index (χ1) is 8.73. The standard InChI is InChI=1S/C16H18O2/c1-18-14-10-12-4-2-3-5-15(12)16(11-14)8-6-13(17)7-9-16/h2-5,10H,6-9,11H2,1H3. The molecule has 0 N–H and O–H groups in total. The van der Waals surface area contributed by atoms with E-state index in [1.165, 1.54) is 11.1 Å². The Bertz CT molecular complexity index is 504. The van der Waals surface area contributed by atoms with Crippen LogP contribution in [0.15, 0.2) is 30.0 Å². The Hall–Kier alpha value is -1.57. The van der Waals surface area contributed by atoms with Gasteiger partial charge in [0.2, 0.25) is 0 Å². The lowest BCUT2D eigenvalue weighted by molar-refractivity contribution is -0.121. The number of methoxy groups -OCH3 is 1. The second kappa shape index (κ2) is 4.27. The van der Waals surface area contributed by atoms with Crippen molar-refractivity contribution in [2.45, 2.75) is 37.5 Å². The lowest BCUT2D eigenvalue weighted by Crippen LogP contribution is -2.35. The number of Topliss-reactive ketones (excluding diaryl/α,β-unsaturated/α-hetero) is 1. The second-order valence-corrected chi connectivity index (χ2v) is 5.40. The monoisotopic (exact) mass is 242 g/mol. The maximum Gasteiger partial charge on any atom is 0.132 e. The molecule has 94 valence electrons. The summed E-state index contributed by atoms with van der Waals surface area (Å²) in [5.74, 6) is 1.45. The number of allylic oxidation sites excluding steroid dienone is 1. The molecule has 2 nitrogen and oxygen atoms in total. The molecule has 0 bridgehead atoms. The number of hydrogen-bond donors (Lipinski definition) is 0. The highest BCUT2D eigenvalue weighted by Gasteiger charge is 2.40. The van der Waals surface area contributed by atoms with Crippen LogP contribution < -0.4 is 0 Å². The number of carbonyl (C=O) groups excluding carboxylic acids is 1. The maximum absolute atomic E-state index is 11.5. The van der Waals surface area contributed by atoms with Crippen LogP contribution >= 0.6 is 0 Å². The number of ketones is 1.